The lowest BCUT2D eigenvalue weighted by atomic mass is 10.1. The van der Waals surface area contributed by atoms with E-state index in [1.54, 1.807) is 14.2 Å². The minimum Gasteiger partial charge on any atom is -0.493 e. The van der Waals surface area contributed by atoms with Gasteiger partial charge in [0.15, 0.2) is 11.5 Å². The normalized spacial score (nSPS) is 16.9. The molecule has 2 N–H and O–H groups in total. The molecule has 0 saturated carbocycles. The Hall–Kier alpha value is -1.46. The van der Waals surface area contributed by atoms with Crippen molar-refractivity contribution in [1.29, 1.82) is 0 Å². The van der Waals surface area contributed by atoms with Crippen molar-refractivity contribution in [3.63, 3.8) is 0 Å². The molecule has 0 aromatic heterocycles. The molecule has 1 heterocycles. The third-order valence-electron chi connectivity index (χ3n) is 4.16. The van der Waals surface area contributed by atoms with E-state index < -0.39 is 0 Å². The molecule has 0 aliphatic carbocycles. The molecule has 0 spiro atoms. The number of likely N-dealkylation sites (N-methyl/N-ethyl adjacent to an activating group) is 1. The number of ether oxygens (including phenoxy) is 2. The topological polar surface area (TPSA) is 51.0 Å². The number of anilines is 1. The number of benzene rings is 1. The summed E-state index contributed by atoms with van der Waals surface area (Å²) in [4.78, 5) is 4.90. The van der Waals surface area contributed by atoms with Gasteiger partial charge in [0, 0.05) is 37.9 Å². The van der Waals surface area contributed by atoms with E-state index in [1.165, 1.54) is 13.1 Å². The molecule has 1 aromatic rings. The fourth-order valence-electron chi connectivity index (χ4n) is 2.72. The van der Waals surface area contributed by atoms with Crippen molar-refractivity contribution in [2.75, 3.05) is 59.7 Å². The predicted molar refractivity (Wildman–Crippen MR) is 86.2 cm³/mol. The molecule has 21 heavy (non-hydrogen) atoms. The van der Waals surface area contributed by atoms with Gasteiger partial charge in [-0.05, 0) is 38.1 Å². The van der Waals surface area contributed by atoms with Gasteiger partial charge in [0.05, 0.1) is 14.2 Å². The summed E-state index contributed by atoms with van der Waals surface area (Å²) in [7, 11) is 5.47. The maximum atomic E-state index is 6.10. The highest BCUT2D eigenvalue weighted by Crippen LogP contribution is 2.32. The van der Waals surface area contributed by atoms with Crippen LogP contribution in [0.3, 0.4) is 0 Å². The molecular weight excluding hydrogens is 266 g/mol. The second-order valence-corrected chi connectivity index (χ2v) is 5.65. The Morgan fingerprint density at radius 1 is 1.05 bits per heavy atom. The summed E-state index contributed by atoms with van der Waals surface area (Å²) in [6.07, 6.45) is 2.09. The van der Waals surface area contributed by atoms with E-state index >= 15 is 0 Å². The Kier molecular flexibility index (Phi) is 5.70. The van der Waals surface area contributed by atoms with Crippen molar-refractivity contribution in [2.45, 2.75) is 12.8 Å². The summed E-state index contributed by atoms with van der Waals surface area (Å²) in [6.45, 7) is 5.79. The lowest BCUT2D eigenvalue weighted by molar-refractivity contribution is 0.153. The second kappa shape index (κ2) is 7.52. The molecule has 1 fully saturated rings. The van der Waals surface area contributed by atoms with Crippen LogP contribution in [0.4, 0.5) is 5.69 Å². The number of methoxy groups -OCH3 is 2. The SMILES string of the molecule is COc1cc(N)c(CCCN2CCN(C)CC2)cc1OC. The number of rotatable bonds is 6. The Bertz CT molecular complexity index is 457. The average Bonchev–Trinajstić information content (AvgIpc) is 2.50. The molecule has 5 heteroatoms. The minimum absolute atomic E-state index is 0.692. The van der Waals surface area contributed by atoms with Gasteiger partial charge in [0.1, 0.15) is 0 Å². The van der Waals surface area contributed by atoms with Crippen molar-refractivity contribution in [3.05, 3.63) is 17.7 Å². The second-order valence-electron chi connectivity index (χ2n) is 5.65. The highest BCUT2D eigenvalue weighted by atomic mass is 16.5. The molecule has 5 nitrogen and oxygen atoms in total. The smallest absolute Gasteiger partial charge is 0.162 e. The van der Waals surface area contributed by atoms with Crippen molar-refractivity contribution in [3.8, 4) is 11.5 Å². The molecule has 0 bridgehead atoms. The molecule has 118 valence electrons. The largest absolute Gasteiger partial charge is 0.493 e. The Morgan fingerprint density at radius 3 is 2.29 bits per heavy atom. The third-order valence-corrected chi connectivity index (χ3v) is 4.16. The first kappa shape index (κ1) is 15.9. The maximum absolute atomic E-state index is 6.10. The van der Waals surface area contributed by atoms with Gasteiger partial charge in [0.2, 0.25) is 0 Å². The average molecular weight is 293 g/mol. The summed E-state index contributed by atoms with van der Waals surface area (Å²) >= 11 is 0. The van der Waals surface area contributed by atoms with Gasteiger partial charge in [-0.3, -0.25) is 0 Å². The number of nitrogens with two attached hydrogens (primary N) is 1. The first-order valence-electron chi connectivity index (χ1n) is 7.55. The lowest BCUT2D eigenvalue weighted by Crippen LogP contribution is -2.44. The molecule has 0 atom stereocenters. The van der Waals surface area contributed by atoms with Crippen LogP contribution in [-0.4, -0.2) is 63.8 Å². The van der Waals surface area contributed by atoms with Crippen molar-refractivity contribution < 1.29 is 9.47 Å². The number of nitrogen functional groups attached to an aromatic ring is 1. The number of aryl methyl sites for hydroxylation is 1. The highest BCUT2D eigenvalue weighted by molar-refractivity contribution is 5.58. The number of piperazine rings is 1. The third kappa shape index (κ3) is 4.25. The molecule has 1 aliphatic rings. The maximum Gasteiger partial charge on any atom is 0.162 e. The highest BCUT2D eigenvalue weighted by Gasteiger charge is 2.14. The standard InChI is InChI=1S/C16H27N3O2/c1-18-7-9-19(10-8-18)6-4-5-13-11-15(20-2)16(21-3)12-14(13)17/h11-12H,4-10,17H2,1-3H3. The van der Waals surface area contributed by atoms with E-state index in [-0.39, 0.29) is 0 Å². The van der Waals surface area contributed by atoms with Gasteiger partial charge < -0.3 is 25.0 Å². The fraction of sp³-hybridized carbons (Fsp3) is 0.625. The van der Waals surface area contributed by atoms with Crippen LogP contribution in [0.2, 0.25) is 0 Å². The van der Waals surface area contributed by atoms with Gasteiger partial charge in [-0.15, -0.1) is 0 Å². The Labute approximate surface area is 127 Å². The fourth-order valence-corrected chi connectivity index (χ4v) is 2.72. The van der Waals surface area contributed by atoms with Crippen LogP contribution in [0, 0.1) is 0 Å². The van der Waals surface area contributed by atoms with E-state index in [0.717, 1.165) is 49.5 Å². The van der Waals surface area contributed by atoms with Gasteiger partial charge in [-0.2, -0.15) is 0 Å². The van der Waals surface area contributed by atoms with E-state index in [2.05, 4.69) is 16.8 Å². The summed E-state index contributed by atoms with van der Waals surface area (Å²) in [5.41, 5.74) is 8.03. The quantitative estimate of drug-likeness (QED) is 0.805. The first-order chi connectivity index (χ1) is 10.1. The van der Waals surface area contributed by atoms with Crippen LogP contribution >= 0.6 is 0 Å². The van der Waals surface area contributed by atoms with E-state index in [4.69, 9.17) is 15.2 Å². The molecular formula is C16H27N3O2. The van der Waals surface area contributed by atoms with Crippen molar-refractivity contribution >= 4 is 5.69 Å². The molecule has 1 aromatic carbocycles. The van der Waals surface area contributed by atoms with E-state index in [1.807, 2.05) is 12.1 Å². The predicted octanol–water partition coefficient (Wildman–Crippen LogP) is 1.47. The number of hydrogen-bond acceptors (Lipinski definition) is 5. The monoisotopic (exact) mass is 293 g/mol. The van der Waals surface area contributed by atoms with Crippen LogP contribution in [0.1, 0.15) is 12.0 Å². The number of hydrogen-bond donors (Lipinski definition) is 1. The van der Waals surface area contributed by atoms with Gasteiger partial charge in [-0.1, -0.05) is 0 Å². The molecule has 1 saturated heterocycles. The lowest BCUT2D eigenvalue weighted by Gasteiger charge is -2.32. The summed E-state index contributed by atoms with van der Waals surface area (Å²) in [6, 6.07) is 3.85. The molecule has 2 rings (SSSR count). The van der Waals surface area contributed by atoms with Crippen molar-refractivity contribution in [1.82, 2.24) is 9.80 Å². The van der Waals surface area contributed by atoms with Gasteiger partial charge in [0.25, 0.3) is 0 Å². The van der Waals surface area contributed by atoms with Crippen LogP contribution in [0.15, 0.2) is 12.1 Å². The van der Waals surface area contributed by atoms with E-state index in [0.29, 0.717) is 5.75 Å². The number of nitrogens with zero attached hydrogens (tertiary/aromatic N) is 2. The van der Waals surface area contributed by atoms with Crippen LogP contribution in [0.25, 0.3) is 0 Å². The molecule has 0 amide bonds. The molecule has 0 unspecified atom stereocenters. The summed E-state index contributed by atoms with van der Waals surface area (Å²) in [5, 5.41) is 0. The van der Waals surface area contributed by atoms with Crippen molar-refractivity contribution in [2.24, 2.45) is 0 Å². The zero-order valence-corrected chi connectivity index (χ0v) is 13.4. The van der Waals surface area contributed by atoms with E-state index in [9.17, 15) is 0 Å². The van der Waals surface area contributed by atoms with Crippen LogP contribution < -0.4 is 15.2 Å². The van der Waals surface area contributed by atoms with Crippen LogP contribution in [-0.2, 0) is 6.42 Å². The first-order valence-corrected chi connectivity index (χ1v) is 7.55. The zero-order valence-electron chi connectivity index (χ0n) is 13.4. The Morgan fingerprint density at radius 2 is 1.67 bits per heavy atom. The van der Waals surface area contributed by atoms with Gasteiger partial charge >= 0.3 is 0 Å². The molecule has 1 aliphatic heterocycles. The van der Waals surface area contributed by atoms with Gasteiger partial charge in [-0.25, -0.2) is 0 Å². The Balaban J connectivity index is 1.88. The zero-order chi connectivity index (χ0) is 15.2. The molecule has 0 radical (unpaired) electrons. The summed E-state index contributed by atoms with van der Waals surface area (Å²) in [5.74, 6) is 1.44. The minimum atomic E-state index is 0.692. The van der Waals surface area contributed by atoms with Crippen LogP contribution in [0.5, 0.6) is 11.5 Å². The summed E-state index contributed by atoms with van der Waals surface area (Å²) < 4.78 is 10.6.